The molecule has 0 bridgehead atoms. The topological polar surface area (TPSA) is 99.1 Å². The predicted octanol–water partition coefficient (Wildman–Crippen LogP) is 2.28. The smallest absolute Gasteiger partial charge is 0.337 e. The highest BCUT2D eigenvalue weighted by Crippen LogP contribution is 1.98. The summed E-state index contributed by atoms with van der Waals surface area (Å²) in [6.07, 6.45) is 3.70. The molecule has 0 aliphatic carbocycles. The Morgan fingerprint density at radius 1 is 1.00 bits per heavy atom. The quantitative estimate of drug-likeness (QED) is 0.281. The van der Waals surface area contributed by atoms with Gasteiger partial charge in [0.1, 0.15) is 6.61 Å². The van der Waals surface area contributed by atoms with E-state index in [0.29, 0.717) is 25.4 Å². The molecule has 24 heavy (non-hydrogen) atoms. The van der Waals surface area contributed by atoms with E-state index in [4.69, 9.17) is 9.84 Å². The van der Waals surface area contributed by atoms with Gasteiger partial charge in [-0.2, -0.15) is 0 Å². The van der Waals surface area contributed by atoms with E-state index >= 15 is 0 Å². The lowest BCUT2D eigenvalue weighted by atomic mass is 10.3. The van der Waals surface area contributed by atoms with Crippen molar-refractivity contribution in [3.8, 4) is 0 Å². The molecule has 0 rings (SSSR count). The molecule has 0 spiro atoms. The summed E-state index contributed by atoms with van der Waals surface area (Å²) >= 11 is 0. The zero-order valence-corrected chi connectivity index (χ0v) is 14.5. The number of unbranched alkanes of at least 4 members (excludes halogenated alkanes) is 1. The average Bonchev–Trinajstić information content (AvgIpc) is 2.53. The minimum absolute atomic E-state index is 0.0449. The van der Waals surface area contributed by atoms with Gasteiger partial charge in [-0.1, -0.05) is 26.5 Å². The second kappa shape index (κ2) is 15.5. The second-order valence-electron chi connectivity index (χ2n) is 4.60. The molecule has 0 unspecified atom stereocenters. The summed E-state index contributed by atoms with van der Waals surface area (Å²) in [6, 6.07) is 0. The Morgan fingerprint density at radius 3 is 2.04 bits per heavy atom. The van der Waals surface area contributed by atoms with Gasteiger partial charge in [0, 0.05) is 18.8 Å². The minimum atomic E-state index is -1.12. The van der Waals surface area contributed by atoms with Crippen LogP contribution < -0.4 is 0 Å². The first-order valence-electron chi connectivity index (χ1n) is 7.34. The van der Waals surface area contributed by atoms with E-state index in [9.17, 15) is 14.4 Å². The lowest BCUT2D eigenvalue weighted by Crippen LogP contribution is -2.09. The number of carbonyl (C=O) groups excluding carboxylic acids is 2. The number of hydrogen-bond acceptors (Lipinski definition) is 6. The number of methoxy groups -OCH3 is 1. The number of aliphatic carboxylic acids is 1. The highest BCUT2D eigenvalue weighted by Gasteiger charge is 2.04. The van der Waals surface area contributed by atoms with Gasteiger partial charge in [0.2, 0.25) is 0 Å². The summed E-state index contributed by atoms with van der Waals surface area (Å²) in [4.78, 5) is 31.8. The molecular weight excluding hydrogens is 316 g/mol. The largest absolute Gasteiger partial charge is 0.478 e. The van der Waals surface area contributed by atoms with E-state index in [0.717, 1.165) is 25.0 Å². The van der Waals surface area contributed by atoms with Crippen molar-refractivity contribution in [2.45, 2.75) is 26.7 Å². The van der Waals surface area contributed by atoms with E-state index in [-0.39, 0.29) is 11.5 Å². The van der Waals surface area contributed by atoms with Crippen LogP contribution in [0, 0.1) is 0 Å². The van der Waals surface area contributed by atoms with Crippen LogP contribution in [0.2, 0.25) is 0 Å². The molecule has 0 saturated carbocycles. The summed E-state index contributed by atoms with van der Waals surface area (Å²) in [5.74, 6) is -2.06. The van der Waals surface area contributed by atoms with Gasteiger partial charge in [-0.3, -0.25) is 0 Å². The van der Waals surface area contributed by atoms with E-state index in [2.05, 4.69) is 22.6 Å². The minimum Gasteiger partial charge on any atom is -0.478 e. The van der Waals surface area contributed by atoms with Crippen LogP contribution in [0.25, 0.3) is 0 Å². The molecule has 0 fully saturated rings. The maximum Gasteiger partial charge on any atom is 0.337 e. The molecule has 0 heterocycles. The molecule has 0 aromatic rings. The Kier molecular flexibility index (Phi) is 15.4. The molecule has 0 amide bonds. The van der Waals surface area contributed by atoms with Crippen LogP contribution in [0.4, 0.5) is 0 Å². The van der Waals surface area contributed by atoms with Gasteiger partial charge >= 0.3 is 17.9 Å². The molecule has 0 radical (unpaired) electrons. The molecular formula is C17H26O7. The summed E-state index contributed by atoms with van der Waals surface area (Å²) in [7, 11) is 1.55. The van der Waals surface area contributed by atoms with E-state index in [1.165, 1.54) is 0 Å². The molecule has 1 N–H and O–H groups in total. The van der Waals surface area contributed by atoms with Gasteiger partial charge in [-0.05, 0) is 19.4 Å². The zero-order chi connectivity index (χ0) is 19.0. The number of carbonyl (C=O) groups is 3. The van der Waals surface area contributed by atoms with Crippen molar-refractivity contribution in [3.05, 3.63) is 36.5 Å². The predicted molar refractivity (Wildman–Crippen MR) is 89.4 cm³/mol. The summed E-state index contributed by atoms with van der Waals surface area (Å²) in [6.45, 7) is 11.5. The number of esters is 2. The normalized spacial score (nSPS) is 9.62. The van der Waals surface area contributed by atoms with Gasteiger partial charge in [-0.15, -0.1) is 0 Å². The van der Waals surface area contributed by atoms with Gasteiger partial charge in [0.05, 0.1) is 18.8 Å². The first-order chi connectivity index (χ1) is 11.3. The maximum absolute atomic E-state index is 11.1. The van der Waals surface area contributed by atoms with Gasteiger partial charge < -0.3 is 19.3 Å². The van der Waals surface area contributed by atoms with Crippen molar-refractivity contribution in [1.82, 2.24) is 0 Å². The maximum atomic E-state index is 11.1. The van der Waals surface area contributed by atoms with E-state index in [1.807, 2.05) is 6.92 Å². The fraction of sp³-hybridized carbons (Fsp3) is 0.471. The van der Waals surface area contributed by atoms with Crippen molar-refractivity contribution in [1.29, 1.82) is 0 Å². The Balaban J connectivity index is 0. The summed E-state index contributed by atoms with van der Waals surface area (Å²) < 4.78 is 14.1. The SMILES string of the molecule is C=C(C)C(=O)OCCOC.C=C(C=CC(=O)O)C(=O)OCCCC. The van der Waals surface area contributed by atoms with Gasteiger partial charge in [0.15, 0.2) is 0 Å². The van der Waals surface area contributed by atoms with Crippen molar-refractivity contribution in [2.24, 2.45) is 0 Å². The van der Waals surface area contributed by atoms with Crippen molar-refractivity contribution < 1.29 is 33.7 Å². The molecule has 7 nitrogen and oxygen atoms in total. The molecule has 136 valence electrons. The van der Waals surface area contributed by atoms with Gasteiger partial charge in [-0.25, -0.2) is 14.4 Å². The molecule has 0 aromatic carbocycles. The lowest BCUT2D eigenvalue weighted by molar-refractivity contribution is -0.140. The summed E-state index contributed by atoms with van der Waals surface area (Å²) in [5.41, 5.74) is 0.458. The number of ether oxygens (including phenoxy) is 3. The monoisotopic (exact) mass is 342 g/mol. The standard InChI is InChI=1S/C10H14O4.C7H12O3/c1-3-4-7-14-10(13)8(2)5-6-9(11)12;1-6(2)7(8)10-5-4-9-3/h5-6H,2-4,7H2,1H3,(H,11,12);1,4-5H2,2-3H3. The van der Waals surface area contributed by atoms with Crippen LogP contribution in [-0.2, 0) is 28.6 Å². The number of carboxylic acid groups (broad SMARTS) is 1. The zero-order valence-electron chi connectivity index (χ0n) is 14.5. The summed E-state index contributed by atoms with van der Waals surface area (Å²) in [5, 5.41) is 8.28. The van der Waals surface area contributed by atoms with Crippen molar-refractivity contribution in [3.63, 3.8) is 0 Å². The Bertz CT molecular complexity index is 464. The number of carboxylic acids is 1. The Morgan fingerprint density at radius 2 is 1.58 bits per heavy atom. The third kappa shape index (κ3) is 16.0. The first kappa shape index (κ1) is 23.9. The van der Waals surface area contributed by atoms with Gasteiger partial charge in [0.25, 0.3) is 0 Å². The third-order valence-corrected chi connectivity index (χ3v) is 2.29. The highest BCUT2D eigenvalue weighted by atomic mass is 16.6. The number of rotatable bonds is 10. The second-order valence-corrected chi connectivity index (χ2v) is 4.60. The fourth-order valence-corrected chi connectivity index (χ4v) is 0.983. The van der Waals surface area contributed by atoms with Crippen LogP contribution in [0.15, 0.2) is 36.5 Å². The highest BCUT2D eigenvalue weighted by molar-refractivity contribution is 5.93. The molecule has 0 saturated heterocycles. The van der Waals surface area contributed by atoms with Crippen molar-refractivity contribution in [2.75, 3.05) is 26.9 Å². The van der Waals surface area contributed by atoms with Crippen LogP contribution in [0.5, 0.6) is 0 Å². The molecule has 0 aliphatic heterocycles. The van der Waals surface area contributed by atoms with Crippen LogP contribution in [0.1, 0.15) is 26.7 Å². The fourth-order valence-electron chi connectivity index (χ4n) is 0.983. The van der Waals surface area contributed by atoms with Crippen LogP contribution in [0.3, 0.4) is 0 Å². The molecule has 0 aromatic heterocycles. The molecule has 7 heteroatoms. The van der Waals surface area contributed by atoms with Crippen LogP contribution >= 0.6 is 0 Å². The van der Waals surface area contributed by atoms with E-state index < -0.39 is 11.9 Å². The molecule has 0 aliphatic rings. The molecule has 0 atom stereocenters. The lowest BCUT2D eigenvalue weighted by Gasteiger charge is -2.02. The average molecular weight is 342 g/mol. The van der Waals surface area contributed by atoms with E-state index in [1.54, 1.807) is 14.0 Å². The number of hydrogen-bond donors (Lipinski definition) is 1. The Hall–Kier alpha value is -2.41. The Labute approximate surface area is 142 Å². The van der Waals surface area contributed by atoms with Crippen LogP contribution in [-0.4, -0.2) is 49.9 Å². The van der Waals surface area contributed by atoms with Crippen molar-refractivity contribution >= 4 is 17.9 Å². The third-order valence-electron chi connectivity index (χ3n) is 2.29. The first-order valence-corrected chi connectivity index (χ1v) is 7.34.